The Labute approximate surface area is 236 Å². The lowest BCUT2D eigenvalue weighted by molar-refractivity contribution is -0.959. The molecule has 4 aliphatic rings. The van der Waals surface area contributed by atoms with Crippen LogP contribution in [0, 0.1) is 5.92 Å². The van der Waals surface area contributed by atoms with Gasteiger partial charge >= 0.3 is 5.97 Å². The lowest BCUT2D eigenvalue weighted by atomic mass is 9.82. The molecule has 6 nitrogen and oxygen atoms in total. The first-order valence-electron chi connectivity index (χ1n) is 13.9. The summed E-state index contributed by atoms with van der Waals surface area (Å²) in [6.45, 7) is 7.69. The van der Waals surface area contributed by atoms with Crippen LogP contribution in [0.2, 0.25) is 0 Å². The number of hydrogen-bond acceptors (Lipinski definition) is 5. The molecule has 202 valence electrons. The molecule has 38 heavy (non-hydrogen) atoms. The zero-order valence-corrected chi connectivity index (χ0v) is 23.8. The summed E-state index contributed by atoms with van der Waals surface area (Å²) in [5.74, 6) is 1.92. The van der Waals surface area contributed by atoms with Crippen molar-refractivity contribution in [1.29, 1.82) is 0 Å². The Morgan fingerprint density at radius 3 is 2.37 bits per heavy atom. The van der Waals surface area contributed by atoms with Gasteiger partial charge in [0.1, 0.15) is 12.1 Å². The Morgan fingerprint density at radius 1 is 1.03 bits per heavy atom. The van der Waals surface area contributed by atoms with E-state index in [-0.39, 0.29) is 29.1 Å². The maximum absolute atomic E-state index is 14.0. The molecule has 4 saturated heterocycles. The van der Waals surface area contributed by atoms with E-state index >= 15 is 0 Å². The van der Waals surface area contributed by atoms with E-state index in [1.165, 1.54) is 6.42 Å². The van der Waals surface area contributed by atoms with E-state index in [0.717, 1.165) is 92.2 Å². The van der Waals surface area contributed by atoms with Gasteiger partial charge in [-0.1, -0.05) is 67.1 Å². The highest BCUT2D eigenvalue weighted by molar-refractivity contribution is 5.82. The van der Waals surface area contributed by atoms with Crippen LogP contribution in [0.4, 0.5) is 0 Å². The quantitative estimate of drug-likeness (QED) is 0.318. The number of fused-ring (bicyclic) bond motifs is 3. The smallest absolute Gasteiger partial charge is 0.331 e. The highest BCUT2D eigenvalue weighted by atomic mass is 79.9. The van der Waals surface area contributed by atoms with Crippen LogP contribution in [0.25, 0.3) is 11.3 Å². The van der Waals surface area contributed by atoms with Crippen LogP contribution >= 0.6 is 0 Å². The second kappa shape index (κ2) is 11.3. The minimum absolute atomic E-state index is 0. The van der Waals surface area contributed by atoms with Crippen molar-refractivity contribution < 1.29 is 35.4 Å². The molecule has 4 aliphatic heterocycles. The van der Waals surface area contributed by atoms with Gasteiger partial charge in [0.05, 0.1) is 19.3 Å². The van der Waals surface area contributed by atoms with Crippen molar-refractivity contribution in [3.05, 3.63) is 78.3 Å². The number of quaternary nitrogens is 1. The number of carbonyl (C=O) groups is 1. The van der Waals surface area contributed by atoms with E-state index in [4.69, 9.17) is 9.15 Å². The van der Waals surface area contributed by atoms with Gasteiger partial charge in [-0.15, -0.1) is 0 Å². The fraction of sp³-hybridized carbons (Fsp3) is 0.484. The molecule has 3 aromatic rings. The van der Waals surface area contributed by atoms with Crippen LogP contribution in [-0.4, -0.2) is 59.2 Å². The van der Waals surface area contributed by atoms with Crippen molar-refractivity contribution in [3.8, 4) is 11.3 Å². The Hall–Kier alpha value is -2.48. The first-order valence-corrected chi connectivity index (χ1v) is 13.9. The molecule has 2 atom stereocenters. The number of likely N-dealkylation sites (tertiary alicyclic amines) is 1. The van der Waals surface area contributed by atoms with Crippen LogP contribution in [0.15, 0.2) is 71.3 Å². The van der Waals surface area contributed by atoms with Crippen molar-refractivity contribution >= 4 is 5.97 Å². The fourth-order valence-electron chi connectivity index (χ4n) is 6.77. The highest BCUT2D eigenvalue weighted by Crippen LogP contribution is 2.40. The summed E-state index contributed by atoms with van der Waals surface area (Å²) >= 11 is 0. The van der Waals surface area contributed by atoms with Crippen molar-refractivity contribution in [3.63, 3.8) is 0 Å². The number of nitrogens with zero attached hydrogens (tertiary/aromatic N) is 3. The largest absolute Gasteiger partial charge is 1.00 e. The van der Waals surface area contributed by atoms with Gasteiger partial charge in [-0.3, -0.25) is 4.90 Å². The lowest BCUT2D eigenvalue weighted by Gasteiger charge is -2.52. The number of halogens is 1. The average Bonchev–Trinajstić information content (AvgIpc) is 3.42. The number of ether oxygens (including phenoxy) is 1. The second-order valence-electron chi connectivity index (χ2n) is 11.4. The van der Waals surface area contributed by atoms with Crippen LogP contribution in [0.3, 0.4) is 0 Å². The third-order valence-electron chi connectivity index (χ3n) is 9.10. The summed E-state index contributed by atoms with van der Waals surface area (Å²) in [6, 6.07) is 20.3. The molecule has 0 amide bonds. The summed E-state index contributed by atoms with van der Waals surface area (Å²) in [7, 11) is 0. The average molecular weight is 581 g/mol. The predicted octanol–water partition coefficient (Wildman–Crippen LogP) is 2.40. The van der Waals surface area contributed by atoms with Gasteiger partial charge in [-0.05, 0) is 38.4 Å². The zero-order chi connectivity index (χ0) is 25.3. The Morgan fingerprint density at radius 2 is 1.68 bits per heavy atom. The van der Waals surface area contributed by atoms with Crippen LogP contribution in [0.1, 0.15) is 50.5 Å². The Balaban J connectivity index is 0.00000294. The van der Waals surface area contributed by atoms with Crippen LogP contribution in [-0.2, 0) is 21.6 Å². The van der Waals surface area contributed by atoms with Crippen LogP contribution < -0.4 is 17.0 Å². The van der Waals surface area contributed by atoms with E-state index < -0.39 is 5.54 Å². The van der Waals surface area contributed by atoms with Crippen molar-refractivity contribution in [2.24, 2.45) is 5.92 Å². The maximum atomic E-state index is 14.0. The SMILES string of the molecule is CC(C(=O)OC1C[N+]2(Cc3ncc(-c4ccccc4)o3)CCC1CC2)(c1ccccc1)N1CCCCC1.[Br-]. The summed E-state index contributed by atoms with van der Waals surface area (Å²) in [5, 5.41) is 0. The van der Waals surface area contributed by atoms with Crippen molar-refractivity contribution in [2.75, 3.05) is 32.7 Å². The van der Waals surface area contributed by atoms with Gasteiger partial charge in [-0.25, -0.2) is 9.78 Å². The second-order valence-corrected chi connectivity index (χ2v) is 11.4. The molecule has 0 N–H and O–H groups in total. The molecule has 0 saturated carbocycles. The minimum Gasteiger partial charge on any atom is -1.00 e. The molecule has 0 aliphatic carbocycles. The summed E-state index contributed by atoms with van der Waals surface area (Å²) in [4.78, 5) is 21.0. The van der Waals surface area contributed by atoms with Gasteiger partial charge in [0.2, 0.25) is 0 Å². The third-order valence-corrected chi connectivity index (χ3v) is 9.10. The number of esters is 1. The first kappa shape index (κ1) is 27.1. The van der Waals surface area contributed by atoms with Crippen molar-refractivity contribution in [1.82, 2.24) is 9.88 Å². The van der Waals surface area contributed by atoms with Gasteiger partial charge in [0, 0.05) is 24.3 Å². The standard InChI is InChI=1S/C31H38N3O3.BrH/c1-31(26-13-7-3-8-14-26,33-17-9-4-10-18-33)30(35)37-28-22-34(19-15-25(28)16-20-34)23-29-32-21-27(36-29)24-11-5-2-6-12-24;/h2-3,5-8,11-14,21,25,28H,4,9-10,15-20,22-23H2,1H3;1H/q+1;/p-1. The fourth-order valence-corrected chi connectivity index (χ4v) is 6.77. The molecule has 4 fully saturated rings. The number of hydrogen-bond donors (Lipinski definition) is 0. The molecule has 0 spiro atoms. The number of carbonyl (C=O) groups excluding carboxylic acids is 1. The molecule has 7 rings (SSSR count). The van der Waals surface area contributed by atoms with Gasteiger partial charge < -0.3 is 30.6 Å². The summed E-state index contributed by atoms with van der Waals surface area (Å²) in [5.41, 5.74) is 1.31. The van der Waals surface area contributed by atoms with E-state index in [1.54, 1.807) is 0 Å². The molecular weight excluding hydrogens is 542 g/mol. The molecule has 2 bridgehead atoms. The number of aromatic nitrogens is 1. The number of piperidine rings is 4. The number of benzene rings is 2. The van der Waals surface area contributed by atoms with Gasteiger partial charge in [0.25, 0.3) is 5.89 Å². The van der Waals surface area contributed by atoms with E-state index in [1.807, 2.05) is 54.7 Å². The number of oxazole rings is 1. The van der Waals surface area contributed by atoms with E-state index in [0.29, 0.717) is 5.92 Å². The molecule has 5 heterocycles. The molecule has 1 aromatic heterocycles. The van der Waals surface area contributed by atoms with Gasteiger partial charge in [0.15, 0.2) is 18.4 Å². The van der Waals surface area contributed by atoms with Gasteiger partial charge in [-0.2, -0.15) is 0 Å². The topological polar surface area (TPSA) is 55.6 Å². The summed E-state index contributed by atoms with van der Waals surface area (Å²) in [6.07, 6.45) is 7.42. The molecule has 0 radical (unpaired) electrons. The zero-order valence-electron chi connectivity index (χ0n) is 22.2. The Bertz CT molecular complexity index is 1200. The predicted molar refractivity (Wildman–Crippen MR) is 142 cm³/mol. The lowest BCUT2D eigenvalue weighted by Crippen LogP contribution is -3.00. The van der Waals surface area contributed by atoms with Crippen molar-refractivity contribution in [2.45, 2.75) is 57.2 Å². The Kier molecular flexibility index (Phi) is 8.08. The molecule has 7 heteroatoms. The minimum atomic E-state index is -0.758. The maximum Gasteiger partial charge on any atom is 0.331 e. The molecule has 2 aromatic carbocycles. The monoisotopic (exact) mass is 579 g/mol. The molecular formula is C31H38BrN3O3. The van der Waals surface area contributed by atoms with Crippen LogP contribution in [0.5, 0.6) is 0 Å². The normalized spacial score (nSPS) is 26.8. The number of rotatable bonds is 7. The van der Waals surface area contributed by atoms with E-state index in [2.05, 4.69) is 28.9 Å². The van der Waals surface area contributed by atoms with E-state index in [9.17, 15) is 4.79 Å². The summed E-state index contributed by atoms with van der Waals surface area (Å²) < 4.78 is 13.6. The molecule has 2 unspecified atom stereocenters. The third kappa shape index (κ3) is 5.21. The highest BCUT2D eigenvalue weighted by Gasteiger charge is 2.51. The first-order chi connectivity index (χ1) is 18.1.